The van der Waals surface area contributed by atoms with Gasteiger partial charge in [-0.1, -0.05) is 32.6 Å². The molecule has 76 valence electrons. The fraction of sp³-hybridized carbons (Fsp3) is 1.00. The van der Waals surface area contributed by atoms with Gasteiger partial charge in [0.05, 0.1) is 12.2 Å². The monoisotopic (exact) mass is 190 g/mol. The van der Waals surface area contributed by atoms with Crippen molar-refractivity contribution in [3.05, 3.63) is 0 Å². The van der Waals surface area contributed by atoms with E-state index in [0.717, 1.165) is 22.9 Å². The second kappa shape index (κ2) is 1.61. The fourth-order valence-corrected chi connectivity index (χ4v) is 6.50. The highest BCUT2D eigenvalue weighted by Crippen LogP contribution is 3.06. The first-order valence-electron chi connectivity index (χ1n) is 6.46. The van der Waals surface area contributed by atoms with Crippen LogP contribution in [0.2, 0.25) is 0 Å². The van der Waals surface area contributed by atoms with E-state index in [4.69, 9.17) is 4.74 Å². The maximum atomic E-state index is 6.19. The van der Waals surface area contributed by atoms with Gasteiger partial charge in [0.2, 0.25) is 0 Å². The maximum Gasteiger partial charge on any atom is 0.0712 e. The molecule has 2 heterocycles. The van der Waals surface area contributed by atoms with E-state index in [-0.39, 0.29) is 0 Å². The number of ether oxygens (including phenoxy) is 1. The first-order chi connectivity index (χ1) is 6.80. The first kappa shape index (κ1) is 7.27. The van der Waals surface area contributed by atoms with Crippen molar-refractivity contribution in [3.8, 4) is 0 Å². The van der Waals surface area contributed by atoms with Crippen LogP contribution in [0.1, 0.15) is 45.4 Å². The zero-order valence-corrected chi connectivity index (χ0v) is 8.88. The lowest BCUT2D eigenvalue weighted by molar-refractivity contribution is 0.0411. The van der Waals surface area contributed by atoms with Gasteiger partial charge >= 0.3 is 0 Å². The number of hydrogen-bond acceptors (Lipinski definition) is 1. The molecule has 4 aliphatic carbocycles. The molecule has 0 N–H and O–H groups in total. The average Bonchev–Trinajstić information content (AvgIpc) is 2.79. The molecular formula is C13H18O. The number of hydrogen-bond donors (Lipinski definition) is 0. The number of rotatable bonds is 0. The van der Waals surface area contributed by atoms with Crippen LogP contribution in [0.3, 0.4) is 0 Å². The summed E-state index contributed by atoms with van der Waals surface area (Å²) < 4.78 is 6.19. The zero-order valence-electron chi connectivity index (χ0n) is 8.88. The predicted molar refractivity (Wildman–Crippen MR) is 52.8 cm³/mol. The summed E-state index contributed by atoms with van der Waals surface area (Å²) in [5.41, 5.74) is 2.14. The molecule has 6 fully saturated rings. The van der Waals surface area contributed by atoms with E-state index < -0.39 is 0 Å². The standard InChI is InChI=1S/C13H18O/c1-11-8-9-12(8)6-4-2-3-5-7-13(11,12)10(11)14-9/h8-10H,2-7H2,1H3. The second-order valence-electron chi connectivity index (χ2n) is 6.62. The molecule has 0 aromatic heterocycles. The topological polar surface area (TPSA) is 9.23 Å². The van der Waals surface area contributed by atoms with Crippen LogP contribution in [0.15, 0.2) is 0 Å². The Hall–Kier alpha value is -0.0400. The quantitative estimate of drug-likeness (QED) is 0.570. The molecule has 0 amide bonds. The Morgan fingerprint density at radius 3 is 2.57 bits per heavy atom. The van der Waals surface area contributed by atoms with Crippen molar-refractivity contribution in [3.63, 3.8) is 0 Å². The summed E-state index contributed by atoms with van der Waals surface area (Å²) in [5.74, 6) is 1.01. The molecule has 6 rings (SSSR count). The van der Waals surface area contributed by atoms with Crippen molar-refractivity contribution in [2.24, 2.45) is 22.2 Å². The summed E-state index contributed by atoms with van der Waals surface area (Å²) >= 11 is 0. The molecule has 0 aromatic rings. The molecule has 2 spiro atoms. The van der Waals surface area contributed by atoms with Gasteiger partial charge in [0.15, 0.2) is 0 Å². The van der Waals surface area contributed by atoms with Crippen molar-refractivity contribution < 1.29 is 4.74 Å². The van der Waals surface area contributed by atoms with E-state index in [1.165, 1.54) is 38.5 Å². The zero-order chi connectivity index (χ0) is 9.18. The van der Waals surface area contributed by atoms with Gasteiger partial charge in [-0.05, 0) is 12.8 Å². The van der Waals surface area contributed by atoms with Gasteiger partial charge in [0, 0.05) is 22.2 Å². The van der Waals surface area contributed by atoms with Crippen LogP contribution >= 0.6 is 0 Å². The van der Waals surface area contributed by atoms with Crippen molar-refractivity contribution in [1.82, 2.24) is 0 Å². The Morgan fingerprint density at radius 1 is 1.07 bits per heavy atom. The lowest BCUT2D eigenvalue weighted by Gasteiger charge is -2.41. The summed E-state index contributed by atoms with van der Waals surface area (Å²) in [6.45, 7) is 2.52. The van der Waals surface area contributed by atoms with E-state index >= 15 is 0 Å². The molecule has 4 saturated carbocycles. The van der Waals surface area contributed by atoms with Gasteiger partial charge in [0.1, 0.15) is 0 Å². The van der Waals surface area contributed by atoms with E-state index in [1.54, 1.807) is 0 Å². The largest absolute Gasteiger partial charge is 0.373 e. The lowest BCUT2D eigenvalue weighted by atomic mass is 9.60. The van der Waals surface area contributed by atoms with Crippen molar-refractivity contribution in [1.29, 1.82) is 0 Å². The molecule has 2 saturated heterocycles. The van der Waals surface area contributed by atoms with Gasteiger partial charge in [-0.3, -0.25) is 0 Å². The van der Waals surface area contributed by atoms with E-state index in [0.29, 0.717) is 11.5 Å². The van der Waals surface area contributed by atoms with Crippen LogP contribution in [-0.4, -0.2) is 12.2 Å². The second-order valence-corrected chi connectivity index (χ2v) is 6.62. The van der Waals surface area contributed by atoms with Crippen LogP contribution in [0.25, 0.3) is 0 Å². The Balaban J connectivity index is 1.65. The van der Waals surface area contributed by atoms with Gasteiger partial charge in [0.25, 0.3) is 0 Å². The third-order valence-corrected chi connectivity index (χ3v) is 6.80. The van der Waals surface area contributed by atoms with Crippen LogP contribution in [0.5, 0.6) is 0 Å². The molecule has 2 bridgehead atoms. The van der Waals surface area contributed by atoms with Crippen molar-refractivity contribution >= 4 is 0 Å². The molecule has 6 atom stereocenters. The Labute approximate surface area is 85.2 Å². The Morgan fingerprint density at radius 2 is 1.86 bits per heavy atom. The van der Waals surface area contributed by atoms with Crippen LogP contribution < -0.4 is 0 Å². The minimum absolute atomic E-state index is 0.676. The minimum atomic E-state index is 0.676. The molecule has 6 aliphatic rings. The fourth-order valence-electron chi connectivity index (χ4n) is 6.50. The molecule has 1 nitrogen and oxygen atoms in total. The molecule has 14 heavy (non-hydrogen) atoms. The van der Waals surface area contributed by atoms with Crippen molar-refractivity contribution in [2.75, 3.05) is 0 Å². The highest BCUT2D eigenvalue weighted by molar-refractivity contribution is 5.56. The summed E-state index contributed by atoms with van der Waals surface area (Å²) in [6, 6.07) is 0. The van der Waals surface area contributed by atoms with Gasteiger partial charge in [-0.2, -0.15) is 0 Å². The molecular weight excluding hydrogens is 172 g/mol. The smallest absolute Gasteiger partial charge is 0.0712 e. The highest BCUT2D eigenvalue weighted by atomic mass is 16.5. The summed E-state index contributed by atoms with van der Waals surface area (Å²) in [4.78, 5) is 0. The van der Waals surface area contributed by atoms with E-state index in [2.05, 4.69) is 6.92 Å². The summed E-state index contributed by atoms with van der Waals surface area (Å²) in [6.07, 6.45) is 10.4. The maximum absolute atomic E-state index is 6.19. The highest BCUT2D eigenvalue weighted by Gasteiger charge is 3.10. The Kier molecular flexibility index (Phi) is 0.835. The Bertz CT molecular complexity index is 347. The van der Waals surface area contributed by atoms with Crippen LogP contribution in [-0.2, 0) is 4.74 Å². The predicted octanol–water partition coefficient (Wildman–Crippen LogP) is 2.74. The minimum Gasteiger partial charge on any atom is -0.373 e. The van der Waals surface area contributed by atoms with Gasteiger partial charge in [-0.15, -0.1) is 0 Å². The molecule has 0 aromatic carbocycles. The first-order valence-corrected chi connectivity index (χ1v) is 6.46. The van der Waals surface area contributed by atoms with Gasteiger partial charge < -0.3 is 4.74 Å². The molecule has 6 unspecified atom stereocenters. The summed E-state index contributed by atoms with van der Waals surface area (Å²) in [5, 5.41) is 0. The lowest BCUT2D eigenvalue weighted by Crippen LogP contribution is -2.38. The third kappa shape index (κ3) is 0.362. The molecule has 2 aliphatic heterocycles. The van der Waals surface area contributed by atoms with E-state index in [1.807, 2.05) is 0 Å². The van der Waals surface area contributed by atoms with Crippen LogP contribution in [0.4, 0.5) is 0 Å². The van der Waals surface area contributed by atoms with Gasteiger partial charge in [-0.25, -0.2) is 0 Å². The normalized spacial score (nSPS) is 76.5. The average molecular weight is 190 g/mol. The van der Waals surface area contributed by atoms with Crippen molar-refractivity contribution in [2.45, 2.75) is 57.7 Å². The van der Waals surface area contributed by atoms with E-state index in [9.17, 15) is 0 Å². The summed E-state index contributed by atoms with van der Waals surface area (Å²) in [7, 11) is 0. The SMILES string of the molecule is CC12C3C4OC1C21CCCCCCC431. The third-order valence-electron chi connectivity index (χ3n) is 6.80. The van der Waals surface area contributed by atoms with Crippen LogP contribution in [0, 0.1) is 22.2 Å². The molecule has 1 heteroatoms. The molecule has 0 radical (unpaired) electrons.